The van der Waals surface area contributed by atoms with Crippen LogP contribution in [0.3, 0.4) is 0 Å². The molecule has 6 heteroatoms. The summed E-state index contributed by atoms with van der Waals surface area (Å²) in [5.41, 5.74) is 8.81. The molecule has 2 aromatic carbocycles. The minimum absolute atomic E-state index is 0.0867. The molecule has 26 heavy (non-hydrogen) atoms. The number of hydrazine groups is 1. The Morgan fingerprint density at radius 2 is 1.81 bits per heavy atom. The Bertz CT molecular complexity index is 864. The van der Waals surface area contributed by atoms with Crippen LogP contribution in [0.1, 0.15) is 23.7 Å². The summed E-state index contributed by atoms with van der Waals surface area (Å²) in [6, 6.07) is 21.2. The van der Waals surface area contributed by atoms with Crippen LogP contribution in [0.15, 0.2) is 71.3 Å². The first-order valence-corrected chi connectivity index (χ1v) is 8.53. The highest BCUT2D eigenvalue weighted by molar-refractivity contribution is 5.76. The van der Waals surface area contributed by atoms with E-state index in [0.717, 1.165) is 11.1 Å². The highest BCUT2D eigenvalue weighted by atomic mass is 16.5. The van der Waals surface area contributed by atoms with Gasteiger partial charge in [-0.05, 0) is 12.0 Å². The number of rotatable bonds is 5. The minimum atomic E-state index is -0.388. The molecule has 2 unspecified atom stereocenters. The van der Waals surface area contributed by atoms with E-state index in [0.29, 0.717) is 17.9 Å². The molecule has 3 aromatic rings. The molecule has 2 N–H and O–H groups in total. The maximum Gasteiger partial charge on any atom is 0.324 e. The number of nitrogens with zero attached hydrogens (tertiary/aromatic N) is 1. The van der Waals surface area contributed by atoms with E-state index in [-0.39, 0.29) is 24.7 Å². The van der Waals surface area contributed by atoms with E-state index in [1.54, 1.807) is 6.07 Å². The lowest BCUT2D eigenvalue weighted by Crippen LogP contribution is -2.37. The maximum absolute atomic E-state index is 12.3. The second-order valence-electron chi connectivity index (χ2n) is 6.20. The largest absolute Gasteiger partial charge is 0.458 e. The van der Waals surface area contributed by atoms with E-state index in [1.807, 2.05) is 60.7 Å². The van der Waals surface area contributed by atoms with Gasteiger partial charge in [0, 0.05) is 17.7 Å². The molecule has 132 valence electrons. The van der Waals surface area contributed by atoms with Crippen molar-refractivity contribution in [2.24, 2.45) is 0 Å². The van der Waals surface area contributed by atoms with Gasteiger partial charge < -0.3 is 9.26 Å². The van der Waals surface area contributed by atoms with Crippen molar-refractivity contribution in [3.05, 3.63) is 78.0 Å². The van der Waals surface area contributed by atoms with Crippen LogP contribution in [-0.4, -0.2) is 17.2 Å². The first-order chi connectivity index (χ1) is 12.8. The van der Waals surface area contributed by atoms with Crippen LogP contribution in [0.2, 0.25) is 0 Å². The number of carbonyl (C=O) groups excluding carboxylic acids is 1. The third-order valence-electron chi connectivity index (χ3n) is 4.37. The summed E-state index contributed by atoms with van der Waals surface area (Å²) in [4.78, 5) is 12.3. The van der Waals surface area contributed by atoms with Crippen molar-refractivity contribution in [3.8, 4) is 11.3 Å². The fourth-order valence-corrected chi connectivity index (χ4v) is 2.98. The molecular weight excluding hydrogens is 330 g/mol. The smallest absolute Gasteiger partial charge is 0.324 e. The number of hydrogen-bond acceptors (Lipinski definition) is 6. The van der Waals surface area contributed by atoms with Crippen molar-refractivity contribution < 1.29 is 14.1 Å². The topological polar surface area (TPSA) is 76.4 Å². The second-order valence-corrected chi connectivity index (χ2v) is 6.20. The van der Waals surface area contributed by atoms with Gasteiger partial charge in [0.15, 0.2) is 5.76 Å². The maximum atomic E-state index is 12.3. The average molecular weight is 349 g/mol. The van der Waals surface area contributed by atoms with Gasteiger partial charge >= 0.3 is 5.97 Å². The van der Waals surface area contributed by atoms with Crippen molar-refractivity contribution in [2.75, 3.05) is 0 Å². The van der Waals surface area contributed by atoms with Gasteiger partial charge in [-0.25, -0.2) is 10.9 Å². The SMILES string of the molecule is O=C(OCc1cc(-c2ccccc2)on1)C1CC(c2ccccc2)NN1. The Morgan fingerprint density at radius 1 is 1.08 bits per heavy atom. The molecule has 6 nitrogen and oxygen atoms in total. The quantitative estimate of drug-likeness (QED) is 0.690. The number of aromatic nitrogens is 1. The first kappa shape index (κ1) is 16.5. The first-order valence-electron chi connectivity index (χ1n) is 8.53. The molecule has 0 bridgehead atoms. The van der Waals surface area contributed by atoms with E-state index < -0.39 is 0 Å². The summed E-state index contributed by atoms with van der Waals surface area (Å²) in [7, 11) is 0. The van der Waals surface area contributed by atoms with Crippen LogP contribution in [0.5, 0.6) is 0 Å². The molecule has 4 rings (SSSR count). The molecule has 1 saturated heterocycles. The molecule has 1 fully saturated rings. The Balaban J connectivity index is 1.31. The van der Waals surface area contributed by atoms with Gasteiger partial charge in [-0.1, -0.05) is 65.8 Å². The van der Waals surface area contributed by atoms with E-state index in [2.05, 4.69) is 16.0 Å². The van der Waals surface area contributed by atoms with E-state index in [1.165, 1.54) is 0 Å². The Hall–Kier alpha value is -2.96. The highest BCUT2D eigenvalue weighted by Crippen LogP contribution is 2.23. The van der Waals surface area contributed by atoms with Crippen LogP contribution in [-0.2, 0) is 16.1 Å². The predicted molar refractivity (Wildman–Crippen MR) is 95.6 cm³/mol. The highest BCUT2D eigenvalue weighted by Gasteiger charge is 2.31. The zero-order valence-corrected chi connectivity index (χ0v) is 14.1. The number of nitrogens with one attached hydrogen (secondary N) is 2. The number of carbonyl (C=O) groups is 1. The zero-order valence-electron chi connectivity index (χ0n) is 14.1. The van der Waals surface area contributed by atoms with Crippen molar-refractivity contribution in [2.45, 2.75) is 25.1 Å². The summed E-state index contributed by atoms with van der Waals surface area (Å²) < 4.78 is 10.7. The fraction of sp³-hybridized carbons (Fsp3) is 0.200. The summed E-state index contributed by atoms with van der Waals surface area (Å²) in [6.45, 7) is 0.0867. The third-order valence-corrected chi connectivity index (χ3v) is 4.37. The third kappa shape index (κ3) is 3.66. The van der Waals surface area contributed by atoms with Crippen molar-refractivity contribution in [1.29, 1.82) is 0 Å². The summed E-state index contributed by atoms with van der Waals surface area (Å²) in [5.74, 6) is 0.349. The van der Waals surface area contributed by atoms with Crippen LogP contribution in [0.25, 0.3) is 11.3 Å². The Morgan fingerprint density at radius 3 is 2.58 bits per heavy atom. The van der Waals surface area contributed by atoms with Gasteiger partial charge in [0.1, 0.15) is 18.3 Å². The van der Waals surface area contributed by atoms with E-state index in [9.17, 15) is 4.79 Å². The standard InChI is InChI=1S/C20H19N3O3/c24-20(18-12-17(21-22-18)14-7-3-1-4-8-14)25-13-16-11-19(26-23-16)15-9-5-2-6-10-15/h1-11,17-18,21-22H,12-13H2. The summed E-state index contributed by atoms with van der Waals surface area (Å²) in [5, 5.41) is 3.97. The zero-order chi connectivity index (χ0) is 17.8. The van der Waals surface area contributed by atoms with Crippen LogP contribution < -0.4 is 10.9 Å². The van der Waals surface area contributed by atoms with Crippen molar-refractivity contribution >= 4 is 5.97 Å². The monoisotopic (exact) mass is 349 g/mol. The molecule has 2 heterocycles. The van der Waals surface area contributed by atoms with E-state index >= 15 is 0 Å². The second kappa shape index (κ2) is 7.51. The predicted octanol–water partition coefficient (Wildman–Crippen LogP) is 2.99. The van der Waals surface area contributed by atoms with Crippen molar-refractivity contribution in [3.63, 3.8) is 0 Å². The van der Waals surface area contributed by atoms with Gasteiger partial charge in [-0.2, -0.15) is 0 Å². The lowest BCUT2D eigenvalue weighted by molar-refractivity contribution is -0.147. The van der Waals surface area contributed by atoms with Gasteiger partial charge in [-0.15, -0.1) is 0 Å². The molecular formula is C20H19N3O3. The summed E-state index contributed by atoms with van der Waals surface area (Å²) >= 11 is 0. The van der Waals surface area contributed by atoms with Crippen LogP contribution in [0, 0.1) is 0 Å². The molecule has 0 spiro atoms. The average Bonchev–Trinajstić information content (AvgIpc) is 3.37. The van der Waals surface area contributed by atoms with Crippen molar-refractivity contribution in [1.82, 2.24) is 16.0 Å². The fourth-order valence-electron chi connectivity index (χ4n) is 2.98. The van der Waals surface area contributed by atoms with Crippen LogP contribution >= 0.6 is 0 Å². The molecule has 1 aliphatic rings. The Labute approximate surface area is 151 Å². The van der Waals surface area contributed by atoms with Crippen LogP contribution in [0.4, 0.5) is 0 Å². The summed E-state index contributed by atoms with van der Waals surface area (Å²) in [6.07, 6.45) is 0.636. The normalized spacial score (nSPS) is 19.4. The van der Waals surface area contributed by atoms with Gasteiger partial charge in [0.05, 0.1) is 0 Å². The van der Waals surface area contributed by atoms with Gasteiger partial charge in [-0.3, -0.25) is 4.79 Å². The lowest BCUT2D eigenvalue weighted by Gasteiger charge is -2.09. The number of esters is 1. The molecule has 0 saturated carbocycles. The Kier molecular flexibility index (Phi) is 4.77. The molecule has 2 atom stereocenters. The number of hydrogen-bond donors (Lipinski definition) is 2. The van der Waals surface area contributed by atoms with Gasteiger partial charge in [0.2, 0.25) is 0 Å². The molecule has 1 aromatic heterocycles. The lowest BCUT2D eigenvalue weighted by atomic mass is 10.0. The molecule has 0 radical (unpaired) electrons. The molecule has 0 amide bonds. The number of ether oxygens (including phenoxy) is 1. The molecule has 0 aliphatic carbocycles. The molecule has 1 aliphatic heterocycles. The number of benzene rings is 2. The van der Waals surface area contributed by atoms with E-state index in [4.69, 9.17) is 9.26 Å². The minimum Gasteiger partial charge on any atom is -0.458 e. The van der Waals surface area contributed by atoms with Gasteiger partial charge in [0.25, 0.3) is 0 Å².